The van der Waals surface area contributed by atoms with Crippen molar-refractivity contribution in [3.63, 3.8) is 0 Å². The summed E-state index contributed by atoms with van der Waals surface area (Å²) in [5, 5.41) is 3.62. The third-order valence-corrected chi connectivity index (χ3v) is 2.50. The van der Waals surface area contributed by atoms with Crippen molar-refractivity contribution < 1.29 is 4.79 Å². The Hall–Kier alpha value is -0.450. The zero-order chi connectivity index (χ0) is 10.7. The van der Waals surface area contributed by atoms with Gasteiger partial charge < -0.3 is 11.1 Å². The van der Waals surface area contributed by atoms with E-state index >= 15 is 0 Å². The minimum absolute atomic E-state index is 0.00106. The number of nitrogens with two attached hydrogens (primary N) is 1. The molecule has 76 valence electrons. The van der Waals surface area contributed by atoms with Gasteiger partial charge in [-0.15, -0.1) is 0 Å². The molecule has 1 aromatic carbocycles. The average molecular weight is 298 g/mol. The predicted octanol–water partition coefficient (Wildman–Crippen LogP) is 2.65. The lowest BCUT2D eigenvalue weighted by Crippen LogP contribution is -2.22. The van der Waals surface area contributed by atoms with Gasteiger partial charge in [0.2, 0.25) is 5.91 Å². The standard InChI is InChI=1S/C8H7BrCl2N2O/c9-4-1-5(10)8(6(11)2-4)13-3-7(12)14/h1-2,13H,3H2,(H2,12,14). The van der Waals surface area contributed by atoms with Gasteiger partial charge in [-0.3, -0.25) is 4.79 Å². The Kier molecular flexibility index (Phi) is 4.04. The van der Waals surface area contributed by atoms with E-state index in [2.05, 4.69) is 21.2 Å². The fourth-order valence-electron chi connectivity index (χ4n) is 0.887. The van der Waals surface area contributed by atoms with E-state index in [0.717, 1.165) is 4.47 Å². The molecule has 6 heteroatoms. The molecule has 1 rings (SSSR count). The Morgan fingerprint density at radius 1 is 1.43 bits per heavy atom. The van der Waals surface area contributed by atoms with Gasteiger partial charge in [-0.25, -0.2) is 0 Å². The molecule has 0 atom stereocenters. The van der Waals surface area contributed by atoms with Crippen molar-refractivity contribution in [1.82, 2.24) is 0 Å². The van der Waals surface area contributed by atoms with Gasteiger partial charge in [0, 0.05) is 4.47 Å². The number of carbonyl (C=O) groups excluding carboxylic acids is 1. The second-order valence-corrected chi connectivity index (χ2v) is 4.29. The third kappa shape index (κ3) is 3.04. The Bertz CT molecular complexity index is 347. The lowest BCUT2D eigenvalue weighted by Gasteiger charge is -2.08. The average Bonchev–Trinajstić information content (AvgIpc) is 2.01. The lowest BCUT2D eigenvalue weighted by molar-refractivity contribution is -0.116. The highest BCUT2D eigenvalue weighted by Gasteiger charge is 2.07. The van der Waals surface area contributed by atoms with Gasteiger partial charge in [-0.2, -0.15) is 0 Å². The Morgan fingerprint density at radius 3 is 2.36 bits per heavy atom. The maximum Gasteiger partial charge on any atom is 0.236 e. The molecule has 1 amide bonds. The third-order valence-electron chi connectivity index (χ3n) is 1.45. The molecule has 0 saturated heterocycles. The van der Waals surface area contributed by atoms with Crippen LogP contribution < -0.4 is 11.1 Å². The van der Waals surface area contributed by atoms with Gasteiger partial charge in [-0.05, 0) is 12.1 Å². The summed E-state index contributed by atoms with van der Waals surface area (Å²) in [6, 6.07) is 3.35. The predicted molar refractivity (Wildman–Crippen MR) is 61.8 cm³/mol. The molecule has 0 radical (unpaired) electrons. The zero-order valence-electron chi connectivity index (χ0n) is 6.98. The summed E-state index contributed by atoms with van der Waals surface area (Å²) in [4.78, 5) is 10.5. The number of hydrogen-bond acceptors (Lipinski definition) is 2. The molecule has 0 fully saturated rings. The molecule has 0 aliphatic rings. The van der Waals surface area contributed by atoms with Crippen LogP contribution in [0.2, 0.25) is 10.0 Å². The van der Waals surface area contributed by atoms with Crippen molar-refractivity contribution in [3.8, 4) is 0 Å². The van der Waals surface area contributed by atoms with Gasteiger partial charge in [0.15, 0.2) is 0 Å². The summed E-state index contributed by atoms with van der Waals surface area (Å²) in [6.07, 6.45) is 0. The van der Waals surface area contributed by atoms with E-state index in [0.29, 0.717) is 15.7 Å². The van der Waals surface area contributed by atoms with Crippen LogP contribution in [0.1, 0.15) is 0 Å². The molecule has 1 aromatic rings. The van der Waals surface area contributed by atoms with Gasteiger partial charge in [0.1, 0.15) is 0 Å². The highest BCUT2D eigenvalue weighted by atomic mass is 79.9. The SMILES string of the molecule is NC(=O)CNc1c(Cl)cc(Br)cc1Cl. The van der Waals surface area contributed by atoms with E-state index in [4.69, 9.17) is 28.9 Å². The fraction of sp³-hybridized carbons (Fsp3) is 0.125. The molecule has 0 saturated carbocycles. The van der Waals surface area contributed by atoms with Crippen LogP contribution in [0.3, 0.4) is 0 Å². The topological polar surface area (TPSA) is 55.1 Å². The van der Waals surface area contributed by atoms with Crippen LogP contribution in [0.5, 0.6) is 0 Å². The lowest BCUT2D eigenvalue weighted by atomic mass is 10.3. The molecule has 14 heavy (non-hydrogen) atoms. The minimum atomic E-state index is -0.472. The Labute approximate surface area is 99.7 Å². The number of rotatable bonds is 3. The van der Waals surface area contributed by atoms with Crippen molar-refractivity contribution in [1.29, 1.82) is 0 Å². The number of nitrogens with one attached hydrogen (secondary N) is 1. The number of anilines is 1. The number of primary amides is 1. The van der Waals surface area contributed by atoms with Crippen LogP contribution in [0.15, 0.2) is 16.6 Å². The van der Waals surface area contributed by atoms with Gasteiger partial charge >= 0.3 is 0 Å². The molecule has 3 nitrogen and oxygen atoms in total. The first kappa shape index (κ1) is 11.6. The summed E-state index contributed by atoms with van der Waals surface area (Å²) in [5.74, 6) is -0.472. The normalized spacial score (nSPS) is 9.93. The summed E-state index contributed by atoms with van der Waals surface area (Å²) >= 11 is 15.0. The summed E-state index contributed by atoms with van der Waals surface area (Å²) in [6.45, 7) is 0.00106. The fourth-order valence-corrected chi connectivity index (χ4v) is 2.23. The van der Waals surface area contributed by atoms with Gasteiger partial charge in [-0.1, -0.05) is 39.1 Å². The second-order valence-electron chi connectivity index (χ2n) is 2.56. The van der Waals surface area contributed by atoms with E-state index in [1.165, 1.54) is 0 Å². The molecule has 0 aliphatic heterocycles. The minimum Gasteiger partial charge on any atom is -0.374 e. The van der Waals surface area contributed by atoms with Crippen molar-refractivity contribution in [3.05, 3.63) is 26.7 Å². The van der Waals surface area contributed by atoms with Crippen LogP contribution in [-0.2, 0) is 4.79 Å². The van der Waals surface area contributed by atoms with E-state index in [-0.39, 0.29) is 6.54 Å². The van der Waals surface area contributed by atoms with Crippen molar-refractivity contribution in [2.75, 3.05) is 11.9 Å². The van der Waals surface area contributed by atoms with Crippen molar-refractivity contribution in [2.45, 2.75) is 0 Å². The first-order chi connectivity index (χ1) is 6.50. The molecule has 0 aliphatic carbocycles. The molecular formula is C8H7BrCl2N2O. The van der Waals surface area contributed by atoms with Crippen LogP contribution in [0.4, 0.5) is 5.69 Å². The maximum absolute atomic E-state index is 10.5. The molecule has 3 N–H and O–H groups in total. The molecule has 0 heterocycles. The van der Waals surface area contributed by atoms with Crippen LogP contribution in [-0.4, -0.2) is 12.5 Å². The summed E-state index contributed by atoms with van der Waals surface area (Å²) in [5.41, 5.74) is 5.48. The monoisotopic (exact) mass is 296 g/mol. The number of carbonyl (C=O) groups is 1. The molecule has 0 aromatic heterocycles. The molecule has 0 bridgehead atoms. The van der Waals surface area contributed by atoms with Crippen LogP contribution in [0.25, 0.3) is 0 Å². The Balaban J connectivity index is 2.91. The number of halogens is 3. The number of benzene rings is 1. The number of hydrogen-bond donors (Lipinski definition) is 2. The molecular weight excluding hydrogens is 291 g/mol. The van der Waals surface area contributed by atoms with Crippen molar-refractivity contribution >= 4 is 50.7 Å². The van der Waals surface area contributed by atoms with E-state index < -0.39 is 5.91 Å². The molecule has 0 spiro atoms. The van der Waals surface area contributed by atoms with E-state index in [9.17, 15) is 4.79 Å². The quantitative estimate of drug-likeness (QED) is 0.901. The van der Waals surface area contributed by atoms with E-state index in [1.54, 1.807) is 12.1 Å². The largest absolute Gasteiger partial charge is 0.374 e. The Morgan fingerprint density at radius 2 is 1.93 bits per heavy atom. The van der Waals surface area contributed by atoms with Gasteiger partial charge in [0.25, 0.3) is 0 Å². The summed E-state index contributed by atoms with van der Waals surface area (Å²) in [7, 11) is 0. The molecule has 0 unspecified atom stereocenters. The van der Waals surface area contributed by atoms with Crippen LogP contribution in [0, 0.1) is 0 Å². The maximum atomic E-state index is 10.5. The highest BCUT2D eigenvalue weighted by molar-refractivity contribution is 9.10. The van der Waals surface area contributed by atoms with Gasteiger partial charge in [0.05, 0.1) is 22.3 Å². The van der Waals surface area contributed by atoms with E-state index in [1.807, 2.05) is 0 Å². The van der Waals surface area contributed by atoms with Crippen molar-refractivity contribution in [2.24, 2.45) is 5.73 Å². The second kappa shape index (κ2) is 4.87. The smallest absolute Gasteiger partial charge is 0.236 e. The summed E-state index contributed by atoms with van der Waals surface area (Å²) < 4.78 is 0.775. The highest BCUT2D eigenvalue weighted by Crippen LogP contribution is 2.33. The zero-order valence-corrected chi connectivity index (χ0v) is 10.1. The first-order valence-corrected chi connectivity index (χ1v) is 5.22. The first-order valence-electron chi connectivity index (χ1n) is 3.67. The van der Waals surface area contributed by atoms with Crippen LogP contribution >= 0.6 is 39.1 Å². The number of amides is 1.